The lowest BCUT2D eigenvalue weighted by Gasteiger charge is -2.19. The number of amides is 1. The lowest BCUT2D eigenvalue weighted by Crippen LogP contribution is -2.47. The quantitative estimate of drug-likeness (QED) is 0.484. The fourth-order valence-electron chi connectivity index (χ4n) is 0.957. The molecule has 20 heavy (non-hydrogen) atoms. The van der Waals surface area contributed by atoms with Gasteiger partial charge in [-0.05, 0) is 4.92 Å². The Kier molecular flexibility index (Phi) is 4.20. The number of hydrogen-bond donors (Lipinski definition) is 1. The van der Waals surface area contributed by atoms with E-state index in [1.807, 2.05) is 0 Å². The Morgan fingerprint density at radius 3 is 2.45 bits per heavy atom. The maximum atomic E-state index is 12.5. The highest BCUT2D eigenvalue weighted by molar-refractivity contribution is 5.75. The van der Waals surface area contributed by atoms with Crippen LogP contribution in [-0.2, 0) is 11.3 Å². The van der Waals surface area contributed by atoms with Crippen LogP contribution in [0.1, 0.15) is 0 Å². The van der Waals surface area contributed by atoms with Crippen molar-refractivity contribution in [1.29, 1.82) is 0 Å². The molecule has 8 nitrogen and oxygen atoms in total. The van der Waals surface area contributed by atoms with E-state index in [-0.39, 0.29) is 0 Å². The van der Waals surface area contributed by atoms with Crippen LogP contribution in [0.4, 0.5) is 27.9 Å². The summed E-state index contributed by atoms with van der Waals surface area (Å²) < 4.78 is 61.0. The summed E-state index contributed by atoms with van der Waals surface area (Å²) in [7, 11) is 0. The van der Waals surface area contributed by atoms with E-state index in [1.54, 1.807) is 0 Å². The maximum absolute atomic E-state index is 12.5. The lowest BCUT2D eigenvalue weighted by molar-refractivity contribution is -0.394. The molecule has 0 aromatic carbocycles. The van der Waals surface area contributed by atoms with Gasteiger partial charge in [0.25, 0.3) is 0 Å². The van der Waals surface area contributed by atoms with Crippen molar-refractivity contribution >= 4 is 11.9 Å². The molecule has 0 spiro atoms. The first-order chi connectivity index (χ1) is 9.03. The van der Waals surface area contributed by atoms with Gasteiger partial charge in [-0.15, -0.1) is 0 Å². The average Bonchev–Trinajstić information content (AvgIpc) is 2.73. The molecule has 1 aromatic rings. The topological polar surface area (TPSA) is 103 Å². The summed E-state index contributed by atoms with van der Waals surface area (Å²) in [4.78, 5) is 23.5. The second kappa shape index (κ2) is 5.34. The first-order valence-corrected chi connectivity index (χ1v) is 4.78. The molecule has 13 heteroatoms. The highest BCUT2D eigenvalue weighted by Gasteiger charge is 2.57. The van der Waals surface area contributed by atoms with E-state index in [1.165, 1.54) is 5.32 Å². The zero-order valence-corrected chi connectivity index (χ0v) is 9.39. The Bertz CT molecular complexity index is 513. The van der Waals surface area contributed by atoms with Crippen LogP contribution in [-0.4, -0.2) is 44.2 Å². The third-order valence-electron chi connectivity index (χ3n) is 1.92. The molecule has 0 bridgehead atoms. The number of carbonyl (C=O) groups excluding carboxylic acids is 1. The average molecular weight is 303 g/mol. The predicted octanol–water partition coefficient (Wildman–Crippen LogP) is 0.500. The highest BCUT2D eigenvalue weighted by Crippen LogP contribution is 2.34. The number of nitro groups is 1. The van der Waals surface area contributed by atoms with Crippen LogP contribution < -0.4 is 5.32 Å². The van der Waals surface area contributed by atoms with Crippen molar-refractivity contribution in [3.63, 3.8) is 0 Å². The van der Waals surface area contributed by atoms with Crippen LogP contribution in [0.2, 0.25) is 0 Å². The molecular formula is C7H6F5N5O3. The minimum absolute atomic E-state index is 0.624. The summed E-state index contributed by atoms with van der Waals surface area (Å²) in [6.45, 7) is -2.72. The highest BCUT2D eigenvalue weighted by atomic mass is 19.4. The Hall–Kier alpha value is -2.34. The van der Waals surface area contributed by atoms with Crippen LogP contribution in [0.15, 0.2) is 6.33 Å². The number of nitrogens with one attached hydrogen (secondary N) is 1. The fourth-order valence-corrected chi connectivity index (χ4v) is 0.957. The maximum Gasteiger partial charge on any atom is 0.490 e. The Balaban J connectivity index is 2.54. The van der Waals surface area contributed by atoms with Gasteiger partial charge in [-0.1, -0.05) is 4.98 Å². The number of rotatable bonds is 5. The number of alkyl halides is 5. The van der Waals surface area contributed by atoms with Gasteiger partial charge in [0.05, 0.1) is 6.54 Å². The Morgan fingerprint density at radius 1 is 1.40 bits per heavy atom. The first-order valence-electron chi connectivity index (χ1n) is 4.78. The number of nitrogens with zero attached hydrogens (tertiary/aromatic N) is 4. The van der Waals surface area contributed by atoms with Gasteiger partial charge in [0.2, 0.25) is 12.2 Å². The van der Waals surface area contributed by atoms with Gasteiger partial charge in [0.15, 0.2) is 0 Å². The lowest BCUT2D eigenvalue weighted by atomic mass is 10.3. The smallest absolute Gasteiger partial charge is 0.390 e. The minimum Gasteiger partial charge on any atom is -0.390 e. The van der Waals surface area contributed by atoms with Crippen LogP contribution in [0.25, 0.3) is 0 Å². The zero-order chi connectivity index (χ0) is 15.6. The van der Waals surface area contributed by atoms with Crippen molar-refractivity contribution in [2.24, 2.45) is 0 Å². The number of hydrogen-bond acceptors (Lipinski definition) is 5. The van der Waals surface area contributed by atoms with Crippen LogP contribution in [0.3, 0.4) is 0 Å². The van der Waals surface area contributed by atoms with E-state index >= 15 is 0 Å². The monoisotopic (exact) mass is 303 g/mol. The molecule has 1 N–H and O–H groups in total. The molecule has 1 amide bonds. The van der Waals surface area contributed by atoms with Crippen molar-refractivity contribution < 1.29 is 31.7 Å². The van der Waals surface area contributed by atoms with E-state index in [0.29, 0.717) is 4.68 Å². The normalized spacial score (nSPS) is 12.2. The van der Waals surface area contributed by atoms with Crippen molar-refractivity contribution in [3.8, 4) is 0 Å². The molecule has 0 saturated carbocycles. The molecule has 1 rings (SSSR count). The molecule has 0 aliphatic heterocycles. The summed E-state index contributed by atoms with van der Waals surface area (Å²) in [5, 5.41) is 14.7. The van der Waals surface area contributed by atoms with Crippen molar-refractivity contribution in [1.82, 2.24) is 20.1 Å². The largest absolute Gasteiger partial charge is 0.490 e. The molecule has 0 unspecified atom stereocenters. The van der Waals surface area contributed by atoms with Gasteiger partial charge in [-0.3, -0.25) is 4.79 Å². The molecule has 0 atom stereocenters. The molecule has 0 fully saturated rings. The van der Waals surface area contributed by atoms with E-state index in [0.717, 1.165) is 6.33 Å². The standard InChI is InChI=1S/C7H6F5N5O3/c8-6(9,7(10,11)12)2-13-4(18)1-16-3-14-5(15-16)17(19)20/h3H,1-2H2,(H,13,18). The molecule has 0 radical (unpaired) electrons. The molecule has 0 aliphatic carbocycles. The van der Waals surface area contributed by atoms with E-state index in [4.69, 9.17) is 0 Å². The van der Waals surface area contributed by atoms with Gasteiger partial charge < -0.3 is 15.4 Å². The summed E-state index contributed by atoms with van der Waals surface area (Å²) in [6, 6.07) is 0. The van der Waals surface area contributed by atoms with E-state index in [9.17, 15) is 36.9 Å². The van der Waals surface area contributed by atoms with Crippen LogP contribution >= 0.6 is 0 Å². The SMILES string of the molecule is O=C(Cn1cnc([N+](=O)[O-])n1)NCC(F)(F)C(F)(F)F. The third kappa shape index (κ3) is 3.83. The summed E-state index contributed by atoms with van der Waals surface area (Å²) in [6.07, 6.45) is -5.02. The molecule has 1 heterocycles. The van der Waals surface area contributed by atoms with Crippen LogP contribution in [0.5, 0.6) is 0 Å². The second-order valence-electron chi connectivity index (χ2n) is 3.48. The van der Waals surface area contributed by atoms with Gasteiger partial charge >= 0.3 is 18.0 Å². The summed E-state index contributed by atoms with van der Waals surface area (Å²) in [5.74, 6) is -7.14. The van der Waals surface area contributed by atoms with Gasteiger partial charge in [-0.25, -0.2) is 0 Å². The van der Waals surface area contributed by atoms with Crippen molar-refractivity contribution in [3.05, 3.63) is 16.4 Å². The third-order valence-corrected chi connectivity index (χ3v) is 1.92. The van der Waals surface area contributed by atoms with Crippen LogP contribution in [0, 0.1) is 10.1 Å². The molecule has 0 saturated heterocycles. The molecule has 1 aromatic heterocycles. The minimum atomic E-state index is -5.79. The fraction of sp³-hybridized carbons (Fsp3) is 0.571. The number of carbonyl (C=O) groups is 1. The Morgan fingerprint density at radius 2 is 2.00 bits per heavy atom. The zero-order valence-electron chi connectivity index (χ0n) is 9.39. The summed E-state index contributed by atoms with van der Waals surface area (Å²) in [5.41, 5.74) is 0. The van der Waals surface area contributed by atoms with Gasteiger partial charge in [-0.2, -0.15) is 26.6 Å². The van der Waals surface area contributed by atoms with Gasteiger partial charge in [0, 0.05) is 5.10 Å². The molecule has 0 aliphatic rings. The van der Waals surface area contributed by atoms with Crippen molar-refractivity contribution in [2.45, 2.75) is 18.6 Å². The number of halogens is 5. The van der Waals surface area contributed by atoms with Gasteiger partial charge in [0.1, 0.15) is 6.54 Å². The number of aromatic nitrogens is 3. The molecular weight excluding hydrogens is 297 g/mol. The van der Waals surface area contributed by atoms with Crippen molar-refractivity contribution in [2.75, 3.05) is 6.54 Å². The second-order valence-corrected chi connectivity index (χ2v) is 3.48. The van der Waals surface area contributed by atoms with E-state index < -0.39 is 42.0 Å². The Labute approximate surface area is 106 Å². The molecule has 112 valence electrons. The first kappa shape index (κ1) is 15.7. The summed E-state index contributed by atoms with van der Waals surface area (Å²) >= 11 is 0. The predicted molar refractivity (Wildman–Crippen MR) is 50.7 cm³/mol. The van der Waals surface area contributed by atoms with E-state index in [2.05, 4.69) is 10.1 Å².